The number of hydrogen-bond donors (Lipinski definition) is 0. The highest BCUT2D eigenvalue weighted by molar-refractivity contribution is 6.49. The van der Waals surface area contributed by atoms with Gasteiger partial charge in [-0.3, -0.25) is 9.59 Å². The molecule has 0 N–H and O–H groups in total. The third kappa shape index (κ3) is 2.07. The van der Waals surface area contributed by atoms with Gasteiger partial charge in [-0.1, -0.05) is 12.8 Å². The van der Waals surface area contributed by atoms with Crippen molar-refractivity contribution in [2.75, 3.05) is 0 Å². The molecule has 1 aliphatic carbocycles. The van der Waals surface area contributed by atoms with Crippen LogP contribution in [0.15, 0.2) is 0 Å². The third-order valence-corrected chi connectivity index (χ3v) is 2.97. The maximum atomic E-state index is 11.1. The number of carbonyl (C=O) groups is 2. The van der Waals surface area contributed by atoms with Crippen LogP contribution in [0.3, 0.4) is 0 Å². The van der Waals surface area contributed by atoms with Gasteiger partial charge in [0.05, 0.1) is 0 Å². The predicted molar refractivity (Wildman–Crippen MR) is 47.3 cm³/mol. The summed E-state index contributed by atoms with van der Waals surface area (Å²) in [5.74, 6) is -0.589. The standard InChI is InChI=1S/C9H13ClO2/c1-6(11)9(12)8(10)7-4-2-3-5-7/h7-8H,2-5H2,1H3. The zero-order valence-corrected chi connectivity index (χ0v) is 7.93. The molecule has 0 bridgehead atoms. The lowest BCUT2D eigenvalue weighted by Crippen LogP contribution is -2.27. The first-order valence-corrected chi connectivity index (χ1v) is 4.75. The monoisotopic (exact) mass is 188 g/mol. The average molecular weight is 189 g/mol. The van der Waals surface area contributed by atoms with Gasteiger partial charge in [0.1, 0.15) is 5.38 Å². The minimum Gasteiger partial charge on any atom is -0.291 e. The van der Waals surface area contributed by atoms with Crippen LogP contribution in [0.4, 0.5) is 0 Å². The van der Waals surface area contributed by atoms with Crippen molar-refractivity contribution in [2.24, 2.45) is 5.92 Å². The van der Waals surface area contributed by atoms with Crippen molar-refractivity contribution in [1.82, 2.24) is 0 Å². The van der Waals surface area contributed by atoms with E-state index in [4.69, 9.17) is 11.6 Å². The highest BCUT2D eigenvalue weighted by atomic mass is 35.5. The van der Waals surface area contributed by atoms with E-state index in [2.05, 4.69) is 0 Å². The molecule has 0 aromatic carbocycles. The molecule has 0 amide bonds. The summed E-state index contributed by atoms with van der Waals surface area (Å²) in [5.41, 5.74) is 0. The van der Waals surface area contributed by atoms with Gasteiger partial charge in [0.15, 0.2) is 5.78 Å². The number of alkyl halides is 1. The Kier molecular flexibility index (Phi) is 3.27. The summed E-state index contributed by atoms with van der Waals surface area (Å²) in [6, 6.07) is 0. The van der Waals surface area contributed by atoms with E-state index in [9.17, 15) is 9.59 Å². The summed E-state index contributed by atoms with van der Waals surface area (Å²) < 4.78 is 0. The number of hydrogen-bond acceptors (Lipinski definition) is 2. The van der Waals surface area contributed by atoms with Crippen LogP contribution in [0.1, 0.15) is 32.6 Å². The maximum absolute atomic E-state index is 11.1. The van der Waals surface area contributed by atoms with Crippen molar-refractivity contribution in [1.29, 1.82) is 0 Å². The predicted octanol–water partition coefficient (Wildman–Crippen LogP) is 1.94. The van der Waals surface area contributed by atoms with E-state index in [0.29, 0.717) is 0 Å². The third-order valence-electron chi connectivity index (χ3n) is 2.41. The molecule has 0 aromatic heterocycles. The normalized spacial score (nSPS) is 20.8. The quantitative estimate of drug-likeness (QED) is 0.501. The summed E-state index contributed by atoms with van der Waals surface area (Å²) in [5, 5.41) is -0.565. The molecular weight excluding hydrogens is 176 g/mol. The van der Waals surface area contributed by atoms with E-state index >= 15 is 0 Å². The minimum atomic E-state index is -0.565. The Morgan fingerprint density at radius 3 is 2.25 bits per heavy atom. The van der Waals surface area contributed by atoms with E-state index in [0.717, 1.165) is 25.7 Å². The highest BCUT2D eigenvalue weighted by Crippen LogP contribution is 2.30. The first-order chi connectivity index (χ1) is 5.63. The minimum absolute atomic E-state index is 0.239. The van der Waals surface area contributed by atoms with Crippen LogP contribution in [0.5, 0.6) is 0 Å². The van der Waals surface area contributed by atoms with Crippen LogP contribution in [0.25, 0.3) is 0 Å². The fourth-order valence-corrected chi connectivity index (χ4v) is 2.06. The van der Waals surface area contributed by atoms with Crippen LogP contribution in [-0.4, -0.2) is 16.9 Å². The van der Waals surface area contributed by atoms with E-state index in [1.165, 1.54) is 6.92 Å². The smallest absolute Gasteiger partial charge is 0.216 e. The molecular formula is C9H13ClO2. The molecule has 12 heavy (non-hydrogen) atoms. The van der Waals surface area contributed by atoms with Crippen LogP contribution < -0.4 is 0 Å². The second-order valence-corrected chi connectivity index (χ2v) is 3.84. The highest BCUT2D eigenvalue weighted by Gasteiger charge is 2.30. The molecule has 0 radical (unpaired) electrons. The second kappa shape index (κ2) is 4.04. The molecule has 1 atom stereocenters. The molecule has 1 fully saturated rings. The molecule has 1 unspecified atom stereocenters. The Hall–Kier alpha value is -0.370. The summed E-state index contributed by atoms with van der Waals surface area (Å²) >= 11 is 5.86. The Bertz CT molecular complexity index is 195. The fourth-order valence-electron chi connectivity index (χ4n) is 1.66. The van der Waals surface area contributed by atoms with Crippen LogP contribution in [0.2, 0.25) is 0 Å². The van der Waals surface area contributed by atoms with Gasteiger partial charge in [-0.2, -0.15) is 0 Å². The Balaban J connectivity index is 2.51. The van der Waals surface area contributed by atoms with Crippen molar-refractivity contribution in [2.45, 2.75) is 38.0 Å². The van der Waals surface area contributed by atoms with Gasteiger partial charge in [0, 0.05) is 6.92 Å². The van der Waals surface area contributed by atoms with Gasteiger partial charge in [-0.25, -0.2) is 0 Å². The maximum Gasteiger partial charge on any atom is 0.216 e. The molecule has 0 aromatic rings. The first-order valence-electron chi connectivity index (χ1n) is 4.31. The summed E-state index contributed by atoms with van der Waals surface area (Å²) in [7, 11) is 0. The summed E-state index contributed by atoms with van der Waals surface area (Å²) in [6.07, 6.45) is 4.26. The van der Waals surface area contributed by atoms with Crippen molar-refractivity contribution < 1.29 is 9.59 Å². The Morgan fingerprint density at radius 1 is 1.33 bits per heavy atom. The van der Waals surface area contributed by atoms with E-state index < -0.39 is 16.9 Å². The van der Waals surface area contributed by atoms with Crippen molar-refractivity contribution in [3.8, 4) is 0 Å². The molecule has 68 valence electrons. The van der Waals surface area contributed by atoms with Gasteiger partial charge in [0.2, 0.25) is 5.78 Å². The second-order valence-electron chi connectivity index (χ2n) is 3.37. The number of ketones is 2. The van der Waals surface area contributed by atoms with Crippen molar-refractivity contribution >= 4 is 23.2 Å². The number of carbonyl (C=O) groups excluding carboxylic acids is 2. The molecule has 1 aliphatic rings. The van der Waals surface area contributed by atoms with Gasteiger partial charge < -0.3 is 0 Å². The molecule has 3 heteroatoms. The van der Waals surface area contributed by atoms with E-state index in [1.807, 2.05) is 0 Å². The molecule has 0 aliphatic heterocycles. The topological polar surface area (TPSA) is 34.1 Å². The van der Waals surface area contributed by atoms with E-state index in [-0.39, 0.29) is 5.92 Å². The summed E-state index contributed by atoms with van der Waals surface area (Å²) in [4.78, 5) is 21.9. The lowest BCUT2D eigenvalue weighted by Gasteiger charge is -2.12. The Morgan fingerprint density at radius 2 is 1.83 bits per heavy atom. The lowest BCUT2D eigenvalue weighted by molar-refractivity contribution is -0.135. The average Bonchev–Trinajstić information content (AvgIpc) is 2.53. The molecule has 0 saturated heterocycles. The van der Waals surface area contributed by atoms with Crippen LogP contribution in [-0.2, 0) is 9.59 Å². The van der Waals surface area contributed by atoms with Gasteiger partial charge in [-0.15, -0.1) is 11.6 Å². The van der Waals surface area contributed by atoms with E-state index in [1.54, 1.807) is 0 Å². The fraction of sp³-hybridized carbons (Fsp3) is 0.778. The molecule has 0 spiro atoms. The van der Waals surface area contributed by atoms with Gasteiger partial charge >= 0.3 is 0 Å². The SMILES string of the molecule is CC(=O)C(=O)C(Cl)C1CCCC1. The zero-order valence-electron chi connectivity index (χ0n) is 7.18. The number of rotatable bonds is 3. The molecule has 1 rings (SSSR count). The van der Waals surface area contributed by atoms with Crippen molar-refractivity contribution in [3.05, 3.63) is 0 Å². The molecule has 1 saturated carbocycles. The number of halogens is 1. The first kappa shape index (κ1) is 9.72. The van der Waals surface area contributed by atoms with Gasteiger partial charge in [-0.05, 0) is 18.8 Å². The molecule has 2 nitrogen and oxygen atoms in total. The Labute approximate surface area is 77.3 Å². The van der Waals surface area contributed by atoms with Crippen molar-refractivity contribution in [3.63, 3.8) is 0 Å². The van der Waals surface area contributed by atoms with Crippen LogP contribution in [0, 0.1) is 5.92 Å². The van der Waals surface area contributed by atoms with Crippen LogP contribution >= 0.6 is 11.6 Å². The summed E-state index contributed by atoms with van der Waals surface area (Å²) in [6.45, 7) is 1.28. The molecule has 0 heterocycles. The largest absolute Gasteiger partial charge is 0.291 e. The number of Topliss-reactive ketones (excluding diaryl/α,β-unsaturated/α-hetero) is 2. The zero-order chi connectivity index (χ0) is 9.14. The lowest BCUT2D eigenvalue weighted by atomic mass is 9.99. The van der Waals surface area contributed by atoms with Gasteiger partial charge in [0.25, 0.3) is 0 Å².